The number of ether oxygens (including phenoxy) is 4. The van der Waals surface area contributed by atoms with Crippen molar-refractivity contribution in [3.05, 3.63) is 67.9 Å². The Balaban J connectivity index is 1.50. The summed E-state index contributed by atoms with van der Waals surface area (Å²) in [5, 5.41) is 10.9. The monoisotopic (exact) mass is 494 g/mol. The van der Waals surface area contributed by atoms with Crippen LogP contribution in [0.15, 0.2) is 44.9 Å². The van der Waals surface area contributed by atoms with Crippen molar-refractivity contribution >= 4 is 6.21 Å². The Hall–Kier alpha value is -4.25. The molecule has 0 amide bonds. The molecule has 1 aromatic heterocycles. The molecule has 3 aromatic rings. The molecule has 11 heteroatoms. The van der Waals surface area contributed by atoms with Crippen molar-refractivity contribution in [2.24, 2.45) is 4.99 Å². The number of benzene rings is 2. The Bertz CT molecular complexity index is 1460. The molecule has 0 fully saturated rings. The molecule has 0 bridgehead atoms. The molecular formula is C25H26N4O7. The second-order valence-corrected chi connectivity index (χ2v) is 8.49. The van der Waals surface area contributed by atoms with Crippen LogP contribution in [0, 0.1) is 0 Å². The van der Waals surface area contributed by atoms with E-state index >= 15 is 0 Å². The van der Waals surface area contributed by atoms with E-state index in [2.05, 4.69) is 14.9 Å². The lowest BCUT2D eigenvalue weighted by atomic mass is 9.91. The summed E-state index contributed by atoms with van der Waals surface area (Å²) in [5.74, 6) is 1.82. The minimum atomic E-state index is -0.773. The van der Waals surface area contributed by atoms with Gasteiger partial charge in [0.15, 0.2) is 11.5 Å². The number of methoxy groups -OCH3 is 2. The first-order valence-corrected chi connectivity index (χ1v) is 11.3. The van der Waals surface area contributed by atoms with Gasteiger partial charge >= 0.3 is 5.69 Å². The van der Waals surface area contributed by atoms with Crippen molar-refractivity contribution in [1.82, 2.24) is 14.5 Å². The third-order valence-corrected chi connectivity index (χ3v) is 6.48. The molecule has 2 aliphatic heterocycles. The molecule has 0 saturated carbocycles. The first-order valence-electron chi connectivity index (χ1n) is 11.3. The summed E-state index contributed by atoms with van der Waals surface area (Å²) in [5.41, 5.74) is 0.732. The van der Waals surface area contributed by atoms with E-state index in [1.807, 2.05) is 13.1 Å². The van der Waals surface area contributed by atoms with Gasteiger partial charge in [0.25, 0.3) is 5.56 Å². The average molecular weight is 495 g/mol. The number of nitrogens with one attached hydrogen (secondary N) is 1. The minimum Gasteiger partial charge on any atom is -0.497 e. The topological polar surface area (TPSA) is 128 Å². The zero-order valence-corrected chi connectivity index (χ0v) is 20.1. The van der Waals surface area contributed by atoms with Crippen molar-refractivity contribution in [3.63, 3.8) is 0 Å². The molecule has 1 atom stereocenters. The molecule has 0 spiro atoms. The third-order valence-electron chi connectivity index (χ3n) is 6.48. The van der Waals surface area contributed by atoms with Crippen LogP contribution in [0.25, 0.3) is 5.69 Å². The number of nitrogens with zero attached hydrogens (tertiary/aromatic N) is 3. The lowest BCUT2D eigenvalue weighted by molar-refractivity contribution is 0.170. The van der Waals surface area contributed by atoms with Crippen LogP contribution in [0.5, 0.6) is 28.9 Å². The fourth-order valence-electron chi connectivity index (χ4n) is 4.64. The zero-order valence-electron chi connectivity index (χ0n) is 20.1. The van der Waals surface area contributed by atoms with Gasteiger partial charge in [0, 0.05) is 24.4 Å². The highest BCUT2D eigenvalue weighted by molar-refractivity contribution is 5.82. The number of fused-ring (bicyclic) bond motifs is 2. The first-order chi connectivity index (χ1) is 17.4. The van der Waals surface area contributed by atoms with Crippen LogP contribution in [-0.2, 0) is 6.42 Å². The molecule has 3 heterocycles. The summed E-state index contributed by atoms with van der Waals surface area (Å²) in [6.07, 6.45) is 2.09. The number of rotatable bonds is 6. The summed E-state index contributed by atoms with van der Waals surface area (Å²) < 4.78 is 23.1. The SMILES string of the molecule is COc1cccc(-n2c(O)c(C=NCC3c4c(cc5c(c4OC)OCO5)CCN3C)c(=O)[nH]c2=O)c1. The number of aromatic nitrogens is 2. The third kappa shape index (κ3) is 3.97. The Morgan fingerprint density at radius 3 is 2.83 bits per heavy atom. The molecule has 5 rings (SSSR count). The van der Waals surface area contributed by atoms with E-state index in [0.29, 0.717) is 28.7 Å². The summed E-state index contributed by atoms with van der Waals surface area (Å²) in [4.78, 5) is 33.9. The zero-order chi connectivity index (χ0) is 25.4. The van der Waals surface area contributed by atoms with Crippen LogP contribution >= 0.6 is 0 Å². The first kappa shape index (κ1) is 23.5. The van der Waals surface area contributed by atoms with E-state index in [9.17, 15) is 14.7 Å². The molecule has 36 heavy (non-hydrogen) atoms. The number of likely N-dealkylation sites (N-methyl/N-ethyl adjacent to an activating group) is 1. The van der Waals surface area contributed by atoms with Gasteiger partial charge in [0.1, 0.15) is 11.3 Å². The fourth-order valence-corrected chi connectivity index (χ4v) is 4.64. The van der Waals surface area contributed by atoms with Gasteiger partial charge in [-0.1, -0.05) is 6.07 Å². The fraction of sp³-hybridized carbons (Fsp3) is 0.320. The van der Waals surface area contributed by atoms with E-state index in [1.54, 1.807) is 31.4 Å². The average Bonchev–Trinajstić information content (AvgIpc) is 3.34. The standard InChI is InChI=1S/C25H26N4O7/c1-28-8-7-14-9-19-21(36-13-35-19)22(34-3)20(14)18(28)12-26-11-17-23(30)27-25(32)29(24(17)31)15-5-4-6-16(10-15)33-2/h4-6,9-11,18,31H,7-8,12-13H2,1-3H3,(H,27,30,32). The van der Waals surface area contributed by atoms with Gasteiger partial charge in [0.2, 0.25) is 18.4 Å². The van der Waals surface area contributed by atoms with Gasteiger partial charge in [0.05, 0.1) is 32.5 Å². The van der Waals surface area contributed by atoms with Crippen LogP contribution in [-0.4, -0.2) is 66.9 Å². The lowest BCUT2D eigenvalue weighted by Crippen LogP contribution is -2.34. The highest BCUT2D eigenvalue weighted by Gasteiger charge is 2.33. The molecule has 0 radical (unpaired) electrons. The van der Waals surface area contributed by atoms with E-state index in [-0.39, 0.29) is 24.9 Å². The highest BCUT2D eigenvalue weighted by Crippen LogP contribution is 2.49. The van der Waals surface area contributed by atoms with Gasteiger partial charge in [-0.2, -0.15) is 0 Å². The Morgan fingerprint density at radius 2 is 2.06 bits per heavy atom. The Labute approximate surface area is 206 Å². The van der Waals surface area contributed by atoms with Crippen LogP contribution < -0.4 is 30.2 Å². The van der Waals surface area contributed by atoms with Crippen LogP contribution in [0.2, 0.25) is 0 Å². The summed E-state index contributed by atoms with van der Waals surface area (Å²) >= 11 is 0. The van der Waals surface area contributed by atoms with Crippen molar-refractivity contribution in [2.45, 2.75) is 12.5 Å². The number of H-pyrrole nitrogens is 1. The van der Waals surface area contributed by atoms with Crippen molar-refractivity contribution in [2.75, 3.05) is 41.1 Å². The largest absolute Gasteiger partial charge is 0.497 e. The summed E-state index contributed by atoms with van der Waals surface area (Å²) in [6.45, 7) is 1.21. The highest BCUT2D eigenvalue weighted by atomic mass is 16.7. The number of hydrogen-bond donors (Lipinski definition) is 2. The number of hydrogen-bond acceptors (Lipinski definition) is 9. The van der Waals surface area contributed by atoms with Crippen LogP contribution in [0.4, 0.5) is 0 Å². The molecule has 1 unspecified atom stereocenters. The number of aliphatic imine (C=N–C) groups is 1. The molecule has 0 saturated heterocycles. The number of aromatic hydroxyl groups is 1. The van der Waals surface area contributed by atoms with Gasteiger partial charge < -0.3 is 24.1 Å². The molecule has 188 valence electrons. The minimum absolute atomic E-state index is 0.131. The predicted molar refractivity (Wildman–Crippen MR) is 132 cm³/mol. The van der Waals surface area contributed by atoms with Gasteiger partial charge in [-0.05, 0) is 37.2 Å². The quantitative estimate of drug-likeness (QED) is 0.495. The maximum atomic E-state index is 12.5. The van der Waals surface area contributed by atoms with E-state index in [0.717, 1.165) is 28.7 Å². The maximum Gasteiger partial charge on any atom is 0.335 e. The smallest absolute Gasteiger partial charge is 0.335 e. The predicted octanol–water partition coefficient (Wildman–Crippen LogP) is 1.63. The van der Waals surface area contributed by atoms with Crippen LogP contribution in [0.3, 0.4) is 0 Å². The van der Waals surface area contributed by atoms with E-state index in [1.165, 1.54) is 13.3 Å². The van der Waals surface area contributed by atoms with Gasteiger partial charge in [-0.3, -0.25) is 19.7 Å². The van der Waals surface area contributed by atoms with Crippen molar-refractivity contribution in [1.29, 1.82) is 0 Å². The molecule has 2 aliphatic rings. The molecular weight excluding hydrogens is 468 g/mol. The molecule has 11 nitrogen and oxygen atoms in total. The molecule has 2 N–H and O–H groups in total. The number of aromatic amines is 1. The van der Waals surface area contributed by atoms with Gasteiger partial charge in [-0.15, -0.1) is 0 Å². The Morgan fingerprint density at radius 1 is 1.22 bits per heavy atom. The van der Waals surface area contributed by atoms with Crippen LogP contribution in [0.1, 0.15) is 22.7 Å². The van der Waals surface area contributed by atoms with Gasteiger partial charge in [-0.25, -0.2) is 9.36 Å². The normalized spacial score (nSPS) is 16.8. The summed E-state index contributed by atoms with van der Waals surface area (Å²) in [6, 6.07) is 8.38. The van der Waals surface area contributed by atoms with Crippen molar-refractivity contribution < 1.29 is 24.1 Å². The molecule has 0 aliphatic carbocycles. The second kappa shape index (κ2) is 9.42. The van der Waals surface area contributed by atoms with E-state index < -0.39 is 17.1 Å². The Kier molecular flexibility index (Phi) is 6.15. The van der Waals surface area contributed by atoms with Crippen molar-refractivity contribution in [3.8, 4) is 34.6 Å². The summed E-state index contributed by atoms with van der Waals surface area (Å²) in [7, 11) is 5.07. The second-order valence-electron chi connectivity index (χ2n) is 8.49. The maximum absolute atomic E-state index is 12.5. The molecule has 2 aromatic carbocycles. The van der Waals surface area contributed by atoms with E-state index in [4.69, 9.17) is 18.9 Å². The lowest BCUT2D eigenvalue weighted by Gasteiger charge is -2.35.